The monoisotopic (exact) mass is 426 g/mol. The molecular weight excluding hydrogens is 392 g/mol. The molecule has 1 fully saturated rings. The number of amides is 1. The van der Waals surface area contributed by atoms with Crippen molar-refractivity contribution in [3.05, 3.63) is 53.6 Å². The van der Waals surface area contributed by atoms with Gasteiger partial charge in [-0.2, -0.15) is 0 Å². The summed E-state index contributed by atoms with van der Waals surface area (Å²) in [5.74, 6) is 1.68. The van der Waals surface area contributed by atoms with E-state index >= 15 is 0 Å². The van der Waals surface area contributed by atoms with Crippen LogP contribution in [0.2, 0.25) is 0 Å². The molecule has 0 saturated carbocycles. The molecule has 0 aliphatic carbocycles. The first-order valence-corrected chi connectivity index (χ1v) is 11.3. The van der Waals surface area contributed by atoms with Crippen molar-refractivity contribution in [3.8, 4) is 17.2 Å². The van der Waals surface area contributed by atoms with Gasteiger partial charge in [0.1, 0.15) is 0 Å². The van der Waals surface area contributed by atoms with E-state index in [0.717, 1.165) is 32.6 Å². The molecule has 1 aliphatic heterocycles. The summed E-state index contributed by atoms with van der Waals surface area (Å²) in [4.78, 5) is 17.7. The van der Waals surface area contributed by atoms with Crippen LogP contribution in [0.25, 0.3) is 0 Å². The zero-order valence-electron chi connectivity index (χ0n) is 18.9. The first kappa shape index (κ1) is 22.9. The molecule has 0 N–H and O–H groups in total. The Morgan fingerprint density at radius 1 is 0.839 bits per heavy atom. The van der Waals surface area contributed by atoms with Crippen molar-refractivity contribution in [2.75, 3.05) is 46.0 Å². The van der Waals surface area contributed by atoms with Gasteiger partial charge in [-0.25, -0.2) is 0 Å². The average Bonchev–Trinajstić information content (AvgIpc) is 3.02. The summed E-state index contributed by atoms with van der Waals surface area (Å²) in [6.07, 6.45) is 0.951. The van der Waals surface area contributed by atoms with Gasteiger partial charge in [0.05, 0.1) is 19.8 Å². The fraction of sp³-hybridized carbons (Fsp3) is 0.480. The predicted molar refractivity (Wildman–Crippen MR) is 122 cm³/mol. The van der Waals surface area contributed by atoms with E-state index in [-0.39, 0.29) is 5.91 Å². The fourth-order valence-corrected chi connectivity index (χ4v) is 3.87. The number of ether oxygens (including phenoxy) is 3. The lowest BCUT2D eigenvalue weighted by molar-refractivity contribution is 0.0760. The highest BCUT2D eigenvalue weighted by atomic mass is 16.5. The van der Waals surface area contributed by atoms with Gasteiger partial charge in [0, 0.05) is 38.3 Å². The molecule has 3 rings (SSSR count). The van der Waals surface area contributed by atoms with E-state index < -0.39 is 0 Å². The number of carbonyl (C=O) groups excluding carboxylic acids is 1. The van der Waals surface area contributed by atoms with Crippen molar-refractivity contribution in [3.63, 3.8) is 0 Å². The highest BCUT2D eigenvalue weighted by Crippen LogP contribution is 2.39. The van der Waals surface area contributed by atoms with E-state index in [2.05, 4.69) is 29.2 Å². The van der Waals surface area contributed by atoms with E-state index in [9.17, 15) is 4.79 Å². The second-order valence-corrected chi connectivity index (χ2v) is 7.51. The van der Waals surface area contributed by atoms with Crippen LogP contribution in [0.5, 0.6) is 17.2 Å². The Morgan fingerprint density at radius 3 is 2.10 bits per heavy atom. The van der Waals surface area contributed by atoms with Crippen molar-refractivity contribution in [2.45, 2.75) is 33.7 Å². The topological polar surface area (TPSA) is 51.2 Å². The smallest absolute Gasteiger partial charge is 0.254 e. The molecule has 0 radical (unpaired) electrons. The zero-order valence-corrected chi connectivity index (χ0v) is 18.9. The van der Waals surface area contributed by atoms with E-state index in [0.29, 0.717) is 49.2 Å². The second kappa shape index (κ2) is 11.6. The predicted octanol–water partition coefficient (Wildman–Crippen LogP) is 4.23. The molecule has 0 bridgehead atoms. The second-order valence-electron chi connectivity index (χ2n) is 7.51. The van der Waals surface area contributed by atoms with Gasteiger partial charge in [-0.15, -0.1) is 0 Å². The first-order valence-electron chi connectivity index (χ1n) is 11.3. The lowest BCUT2D eigenvalue weighted by Gasteiger charge is -2.23. The molecule has 1 amide bonds. The molecule has 1 saturated heterocycles. The molecule has 2 aromatic rings. The number of hydrogen-bond donors (Lipinski definition) is 0. The molecule has 0 aromatic heterocycles. The summed E-state index contributed by atoms with van der Waals surface area (Å²) in [7, 11) is 0. The van der Waals surface area contributed by atoms with Crippen LogP contribution in [-0.4, -0.2) is 61.7 Å². The molecule has 168 valence electrons. The minimum Gasteiger partial charge on any atom is -0.490 e. The summed E-state index contributed by atoms with van der Waals surface area (Å²) in [6, 6.07) is 14.0. The molecule has 0 atom stereocenters. The lowest BCUT2D eigenvalue weighted by atomic mass is 10.1. The Morgan fingerprint density at radius 2 is 1.48 bits per heavy atom. The van der Waals surface area contributed by atoms with Gasteiger partial charge in [0.15, 0.2) is 11.5 Å². The van der Waals surface area contributed by atoms with Gasteiger partial charge in [-0.1, -0.05) is 30.3 Å². The number of rotatable bonds is 9. The molecule has 0 spiro atoms. The highest BCUT2D eigenvalue weighted by Gasteiger charge is 2.24. The number of hydrogen-bond acceptors (Lipinski definition) is 5. The van der Waals surface area contributed by atoms with Crippen LogP contribution in [0.4, 0.5) is 0 Å². The van der Waals surface area contributed by atoms with Crippen LogP contribution in [0.3, 0.4) is 0 Å². The third-order valence-electron chi connectivity index (χ3n) is 5.28. The van der Waals surface area contributed by atoms with Crippen LogP contribution >= 0.6 is 0 Å². The van der Waals surface area contributed by atoms with E-state index in [1.165, 1.54) is 5.56 Å². The Bertz CT molecular complexity index is 814. The minimum atomic E-state index is 0.00603. The van der Waals surface area contributed by atoms with Crippen LogP contribution < -0.4 is 14.2 Å². The SMILES string of the molecule is CCOc1cc(C(=O)N2CCCN(Cc3ccccc3)CC2)cc(OCC)c1OCC. The summed E-state index contributed by atoms with van der Waals surface area (Å²) in [5.41, 5.74) is 1.88. The molecule has 1 heterocycles. The average molecular weight is 427 g/mol. The lowest BCUT2D eigenvalue weighted by Crippen LogP contribution is -2.35. The van der Waals surface area contributed by atoms with Gasteiger partial charge in [0.25, 0.3) is 5.91 Å². The van der Waals surface area contributed by atoms with Crippen LogP contribution in [0, 0.1) is 0 Å². The summed E-state index contributed by atoms with van der Waals surface area (Å²) in [5, 5.41) is 0. The van der Waals surface area contributed by atoms with Gasteiger partial charge < -0.3 is 19.1 Å². The largest absolute Gasteiger partial charge is 0.490 e. The summed E-state index contributed by atoms with van der Waals surface area (Å²) >= 11 is 0. The van der Waals surface area contributed by atoms with Crippen LogP contribution in [-0.2, 0) is 6.54 Å². The molecule has 1 aliphatic rings. The van der Waals surface area contributed by atoms with Crippen LogP contribution in [0.1, 0.15) is 43.1 Å². The number of carbonyl (C=O) groups is 1. The van der Waals surface area contributed by atoms with Crippen molar-refractivity contribution < 1.29 is 19.0 Å². The first-order chi connectivity index (χ1) is 15.2. The van der Waals surface area contributed by atoms with Gasteiger partial charge in [-0.05, 0) is 44.9 Å². The third kappa shape index (κ3) is 6.14. The summed E-state index contributed by atoms with van der Waals surface area (Å²) in [6.45, 7) is 11.4. The van der Waals surface area contributed by atoms with Crippen molar-refractivity contribution in [2.24, 2.45) is 0 Å². The van der Waals surface area contributed by atoms with Crippen molar-refractivity contribution >= 4 is 5.91 Å². The third-order valence-corrected chi connectivity index (χ3v) is 5.28. The Balaban J connectivity index is 1.75. The van der Waals surface area contributed by atoms with Gasteiger partial charge >= 0.3 is 0 Å². The quantitative estimate of drug-likeness (QED) is 0.601. The van der Waals surface area contributed by atoms with Gasteiger partial charge in [0.2, 0.25) is 5.75 Å². The standard InChI is InChI=1S/C25H34N2O4/c1-4-29-22-17-21(18-23(30-5-2)24(22)31-6-3)25(28)27-14-10-13-26(15-16-27)19-20-11-8-7-9-12-20/h7-9,11-12,17-18H,4-6,10,13-16,19H2,1-3H3. The van der Waals surface area contributed by atoms with Crippen molar-refractivity contribution in [1.29, 1.82) is 0 Å². The van der Waals surface area contributed by atoms with Crippen molar-refractivity contribution in [1.82, 2.24) is 9.80 Å². The fourth-order valence-electron chi connectivity index (χ4n) is 3.87. The molecule has 2 aromatic carbocycles. The maximum atomic E-state index is 13.4. The minimum absolute atomic E-state index is 0.00603. The molecule has 6 nitrogen and oxygen atoms in total. The molecular formula is C25H34N2O4. The highest BCUT2D eigenvalue weighted by molar-refractivity contribution is 5.95. The number of nitrogens with zero attached hydrogens (tertiary/aromatic N) is 2. The summed E-state index contributed by atoms with van der Waals surface area (Å²) < 4.78 is 17.3. The van der Waals surface area contributed by atoms with E-state index in [1.807, 2.05) is 31.7 Å². The molecule has 6 heteroatoms. The number of benzene rings is 2. The maximum Gasteiger partial charge on any atom is 0.254 e. The molecule has 31 heavy (non-hydrogen) atoms. The Labute approximate surface area is 185 Å². The van der Waals surface area contributed by atoms with E-state index in [4.69, 9.17) is 14.2 Å². The van der Waals surface area contributed by atoms with Gasteiger partial charge in [-0.3, -0.25) is 9.69 Å². The van der Waals surface area contributed by atoms with Crippen LogP contribution in [0.15, 0.2) is 42.5 Å². The maximum absolute atomic E-state index is 13.4. The molecule has 0 unspecified atom stereocenters. The zero-order chi connectivity index (χ0) is 22.1. The van der Waals surface area contributed by atoms with E-state index in [1.54, 1.807) is 12.1 Å². The normalized spacial score (nSPS) is 14.7. The Hall–Kier alpha value is -2.73. The Kier molecular flexibility index (Phi) is 8.59.